The van der Waals surface area contributed by atoms with Crippen LogP contribution in [0.3, 0.4) is 0 Å². The van der Waals surface area contributed by atoms with E-state index in [1.54, 1.807) is 29.5 Å². The van der Waals surface area contributed by atoms with Gasteiger partial charge in [-0.3, -0.25) is 4.21 Å². The second kappa shape index (κ2) is 20.6. The molecule has 61 heavy (non-hydrogen) atoms. The first-order valence-electron chi connectivity index (χ1n) is 19.9. The number of benzene rings is 7. The molecule has 7 aromatic rings. The average Bonchev–Trinajstić information content (AvgIpc) is 3.27. The first kappa shape index (κ1) is 45.9. The van der Waals surface area contributed by atoms with E-state index in [-0.39, 0.29) is 15.9 Å². The summed E-state index contributed by atoms with van der Waals surface area (Å²) in [5, 5.41) is 5.82. The summed E-state index contributed by atoms with van der Waals surface area (Å²) in [6.45, 7) is 10.5. The third-order valence-electron chi connectivity index (χ3n) is 11.6. The zero-order valence-electron chi connectivity index (χ0n) is 34.5. The van der Waals surface area contributed by atoms with Crippen LogP contribution in [0.1, 0.15) is 101 Å². The molecular formula is C50H46O2P2S7. The summed E-state index contributed by atoms with van der Waals surface area (Å²) < 4.78 is 13.1. The van der Waals surface area contributed by atoms with Crippen molar-refractivity contribution < 1.29 is 9.00 Å². The molecule has 1 unspecified atom stereocenters. The van der Waals surface area contributed by atoms with Crippen LogP contribution >= 0.6 is 25.9 Å². The van der Waals surface area contributed by atoms with Gasteiger partial charge in [-0.15, -0.1) is 11.8 Å². The van der Waals surface area contributed by atoms with E-state index in [4.69, 9.17) is 4.79 Å². The van der Waals surface area contributed by atoms with Crippen LogP contribution in [-0.2, 0) is 65.8 Å². The van der Waals surface area contributed by atoms with Crippen LogP contribution in [-0.4, -0.2) is 20.0 Å². The molecule has 4 aliphatic heterocycles. The minimum absolute atomic E-state index is 0.0485. The van der Waals surface area contributed by atoms with E-state index in [9.17, 15) is 4.21 Å². The Bertz CT molecular complexity index is 2710. The van der Waals surface area contributed by atoms with Crippen LogP contribution in [0, 0.1) is 0 Å². The quantitative estimate of drug-likeness (QED) is 0.0930. The fraction of sp³-hybridized carbons (Fsp3) is 0.220. The maximum atomic E-state index is 12.9. The largest absolute Gasteiger partial charge is 0.304 e. The van der Waals surface area contributed by atoms with Crippen LogP contribution in [0.2, 0.25) is 0 Å². The molecule has 0 spiro atoms. The van der Waals surface area contributed by atoms with Crippen molar-refractivity contribution in [2.75, 3.05) is 0 Å². The Morgan fingerprint density at radius 2 is 0.934 bits per heavy atom. The lowest BCUT2D eigenvalue weighted by atomic mass is 9.72. The number of thioether (sulfide) groups is 1. The Balaban J connectivity index is 0.000000125. The minimum atomic E-state index is -0.861. The van der Waals surface area contributed by atoms with Crippen molar-refractivity contribution in [3.8, 4) is 0 Å². The van der Waals surface area contributed by atoms with Crippen LogP contribution < -0.4 is 0 Å². The Hall–Kier alpha value is -3.07. The maximum Gasteiger partial charge on any atom is 0.116 e. The predicted molar refractivity (Wildman–Crippen MR) is 281 cm³/mol. The number of hydrogen-bond acceptors (Lipinski definition) is 5. The van der Waals surface area contributed by atoms with E-state index in [1.807, 2.05) is 0 Å². The second-order valence-corrected chi connectivity index (χ2v) is 29.5. The van der Waals surface area contributed by atoms with Crippen LogP contribution in [0.15, 0.2) is 158 Å². The van der Waals surface area contributed by atoms with Crippen molar-refractivity contribution in [3.05, 3.63) is 202 Å². The molecule has 7 aromatic carbocycles. The van der Waals surface area contributed by atoms with Crippen LogP contribution in [0.5, 0.6) is 0 Å². The molecule has 11 heteroatoms. The second-order valence-electron chi connectivity index (χ2n) is 15.9. The first-order chi connectivity index (χ1) is 29.6. The zero-order chi connectivity index (χ0) is 43.1. The van der Waals surface area contributed by atoms with Gasteiger partial charge in [0.05, 0.1) is 15.2 Å². The van der Waals surface area contributed by atoms with Gasteiger partial charge in [-0.2, -0.15) is 0 Å². The van der Waals surface area contributed by atoms with E-state index in [2.05, 4.69) is 220 Å². The molecule has 4 heterocycles. The van der Waals surface area contributed by atoms with E-state index >= 15 is 0 Å². The highest BCUT2D eigenvalue weighted by molar-refractivity contribution is 8.63. The summed E-state index contributed by atoms with van der Waals surface area (Å²) >= 11 is 11.4. The molecule has 6 aliphatic rings. The highest BCUT2D eigenvalue weighted by atomic mass is 33.3. The van der Waals surface area contributed by atoms with Crippen molar-refractivity contribution >= 4 is 115 Å². The summed E-state index contributed by atoms with van der Waals surface area (Å²) in [4.78, 5) is 8.81. The lowest BCUT2D eigenvalue weighted by Crippen LogP contribution is -2.46. The average molecular weight is 965 g/mol. The van der Waals surface area contributed by atoms with E-state index in [0.717, 1.165) is 13.3 Å². The van der Waals surface area contributed by atoms with E-state index in [1.165, 1.54) is 77.8 Å². The molecule has 310 valence electrons. The molecule has 2 nitrogen and oxygen atoms in total. The molecule has 0 N–H and O–H groups in total. The Morgan fingerprint density at radius 1 is 0.590 bits per heavy atom. The van der Waals surface area contributed by atoms with Gasteiger partial charge in [-0.25, -0.2) is 0 Å². The standard InChI is InChI=1S/C17H16OS.C17H16S.C14H10.C2H4O.P2S5/c1-17(2)15-11-7-3-5-9-13(11)16(19(17)18)14-10-6-4-8-12(14)15;1-17(2)15-11-7-3-5-9-13(11)16(18-17)14-10-6-4-8-12(14)15;1-2-6-12-10-14-8-4-3-7-13(14)9-11(12)5-1;1-2-3;3-1-2-5-7-6-4/h3-10,15-16H,1-2H3;3-10,15-16H,1-2H3;1-10H;2H,1H3;. The van der Waals surface area contributed by atoms with Gasteiger partial charge in [-0.05, 0) is 163 Å². The summed E-state index contributed by atoms with van der Waals surface area (Å²) in [5.41, 5.74) is 11.4. The fourth-order valence-electron chi connectivity index (χ4n) is 9.29. The van der Waals surface area contributed by atoms with Crippen molar-refractivity contribution in [1.82, 2.24) is 0 Å². The van der Waals surface area contributed by atoms with Gasteiger partial charge in [0, 0.05) is 41.5 Å². The van der Waals surface area contributed by atoms with Crippen molar-refractivity contribution in [2.45, 2.75) is 66.4 Å². The normalized spacial score (nSPS) is 20.8. The van der Waals surface area contributed by atoms with Crippen molar-refractivity contribution in [1.29, 1.82) is 0 Å². The van der Waals surface area contributed by atoms with E-state index < -0.39 is 10.8 Å². The van der Waals surface area contributed by atoms with Gasteiger partial charge in [0.25, 0.3) is 0 Å². The summed E-state index contributed by atoms with van der Waals surface area (Å²) in [6, 6.07) is 56.4. The molecule has 0 aromatic heterocycles. The maximum absolute atomic E-state index is 12.9. The summed E-state index contributed by atoms with van der Waals surface area (Å²) in [7, 11) is 5.96. The van der Waals surface area contributed by atoms with Crippen LogP contribution in [0.4, 0.5) is 0 Å². The molecule has 0 saturated carbocycles. The van der Waals surface area contributed by atoms with Gasteiger partial charge in [0.2, 0.25) is 0 Å². The van der Waals surface area contributed by atoms with Gasteiger partial charge in [0.15, 0.2) is 0 Å². The fourth-order valence-corrected chi connectivity index (χ4v) is 22.5. The number of hydrogen-bond donors (Lipinski definition) is 0. The van der Waals surface area contributed by atoms with Gasteiger partial charge < -0.3 is 4.79 Å². The molecule has 13 rings (SSSR count). The number of rotatable bonds is 1. The number of carbonyl (C=O) groups excluding carboxylic acids is 1. The zero-order valence-corrected chi connectivity index (χ0v) is 42.0. The number of aldehydes is 1. The van der Waals surface area contributed by atoms with Gasteiger partial charge >= 0.3 is 0 Å². The highest BCUT2D eigenvalue weighted by Gasteiger charge is 2.53. The smallest absolute Gasteiger partial charge is 0.116 e. The lowest BCUT2D eigenvalue weighted by Gasteiger charge is -2.49. The van der Waals surface area contributed by atoms with Crippen LogP contribution in [0.25, 0.3) is 21.5 Å². The Morgan fingerprint density at radius 3 is 1.31 bits per heavy atom. The topological polar surface area (TPSA) is 34.1 Å². The molecule has 4 bridgehead atoms. The number of carbonyl (C=O) groups is 1. The van der Waals surface area contributed by atoms with Crippen molar-refractivity contribution in [3.63, 3.8) is 0 Å². The molecule has 0 fully saturated rings. The predicted octanol–water partition coefficient (Wildman–Crippen LogP) is 14.4. The third kappa shape index (κ3) is 9.58. The summed E-state index contributed by atoms with van der Waals surface area (Å²) in [6.07, 6.45) is 0.750. The van der Waals surface area contributed by atoms with E-state index in [0.29, 0.717) is 15.9 Å². The monoisotopic (exact) mass is 964 g/mol. The molecular weight excluding hydrogens is 919 g/mol. The SMILES string of the molecule is CC1(C)C2c3ccccc3C(c3ccccc32)S1=O.CC1(C)SC2c3ccccc3C1c1ccccc12.CC=O.S=PP=S=S=S=S.c1ccc2cc3ccccc3cc2c1. The molecule has 0 radical (unpaired) electrons. The van der Waals surface area contributed by atoms with Gasteiger partial charge in [0.1, 0.15) is 6.29 Å². The third-order valence-corrected chi connectivity index (χ3v) is 25.4. The Labute approximate surface area is 389 Å². The Kier molecular flexibility index (Phi) is 15.5. The highest BCUT2D eigenvalue weighted by Crippen LogP contribution is 2.63. The van der Waals surface area contributed by atoms with Crippen molar-refractivity contribution in [2.24, 2.45) is 0 Å². The number of fused-ring (bicyclic) bond motifs is 4. The molecule has 2 aliphatic carbocycles. The first-order valence-corrected chi connectivity index (χ1v) is 30.5. The molecule has 0 saturated heterocycles. The molecule has 1 atom stereocenters. The summed E-state index contributed by atoms with van der Waals surface area (Å²) in [5.74, 6) is 0.797. The lowest BCUT2D eigenvalue weighted by molar-refractivity contribution is -0.106. The molecule has 0 amide bonds. The minimum Gasteiger partial charge on any atom is -0.304 e. The van der Waals surface area contributed by atoms with Gasteiger partial charge in [-0.1, -0.05) is 146 Å².